The van der Waals surface area contributed by atoms with Gasteiger partial charge in [0.1, 0.15) is 0 Å². The average Bonchev–Trinajstić information content (AvgIpc) is 3.33. The lowest BCUT2D eigenvalue weighted by atomic mass is 9.94. The van der Waals surface area contributed by atoms with Gasteiger partial charge in [0, 0.05) is 42.8 Å². The van der Waals surface area contributed by atoms with Crippen molar-refractivity contribution in [2.24, 2.45) is 0 Å². The van der Waals surface area contributed by atoms with E-state index in [9.17, 15) is 14.9 Å². The summed E-state index contributed by atoms with van der Waals surface area (Å²) < 4.78 is 5.39. The zero-order chi connectivity index (χ0) is 23.0. The molecule has 0 bridgehead atoms. The Bertz CT molecular complexity index is 1100. The van der Waals surface area contributed by atoms with Gasteiger partial charge >= 0.3 is 0 Å². The standard InChI is InChI=1S/C25H26N4O4/c30-24(16-11-19-7-3-1-4-8-19)28(21-9-5-2-6-10-21)18-17-23-26-25(27-33-23)20-12-14-22(15-13-20)29(31)32/h1,3-4,7-8,11-16,21H,2,5-6,9-10,17-18H2/b16-11+. The molecule has 170 valence electrons. The molecule has 1 aliphatic rings. The van der Waals surface area contributed by atoms with Gasteiger partial charge in [-0.15, -0.1) is 0 Å². The van der Waals surface area contributed by atoms with Crippen LogP contribution in [0.5, 0.6) is 0 Å². The smallest absolute Gasteiger partial charge is 0.269 e. The fraction of sp³-hybridized carbons (Fsp3) is 0.320. The normalized spacial score (nSPS) is 14.4. The molecule has 0 N–H and O–H groups in total. The SMILES string of the molecule is O=C(/C=C/c1ccccc1)N(CCc1nc(-c2ccc([N+](=O)[O-])cc2)no1)C1CCCCC1. The van der Waals surface area contributed by atoms with Gasteiger partial charge in [-0.3, -0.25) is 14.9 Å². The number of carbonyl (C=O) groups excluding carboxylic acids is 1. The van der Waals surface area contributed by atoms with Crippen LogP contribution in [0.25, 0.3) is 17.5 Å². The second-order valence-electron chi connectivity index (χ2n) is 8.13. The van der Waals surface area contributed by atoms with E-state index < -0.39 is 4.92 Å². The first-order valence-corrected chi connectivity index (χ1v) is 11.2. The third-order valence-electron chi connectivity index (χ3n) is 5.89. The van der Waals surface area contributed by atoms with Crippen molar-refractivity contribution in [2.45, 2.75) is 44.6 Å². The zero-order valence-electron chi connectivity index (χ0n) is 18.3. The zero-order valence-corrected chi connectivity index (χ0v) is 18.3. The van der Waals surface area contributed by atoms with Crippen LogP contribution in [0.3, 0.4) is 0 Å². The van der Waals surface area contributed by atoms with Crippen molar-refractivity contribution in [3.63, 3.8) is 0 Å². The number of nitro groups is 1. The first-order chi connectivity index (χ1) is 16.1. The van der Waals surface area contributed by atoms with Crippen molar-refractivity contribution in [3.05, 3.63) is 82.2 Å². The second kappa shape index (κ2) is 10.7. The fourth-order valence-corrected chi connectivity index (χ4v) is 4.11. The molecule has 0 atom stereocenters. The Hall–Kier alpha value is -3.81. The van der Waals surface area contributed by atoms with Crippen LogP contribution in [-0.4, -0.2) is 38.5 Å². The molecular weight excluding hydrogens is 420 g/mol. The number of benzene rings is 2. The van der Waals surface area contributed by atoms with E-state index in [-0.39, 0.29) is 17.6 Å². The van der Waals surface area contributed by atoms with Crippen LogP contribution >= 0.6 is 0 Å². The number of nitrogens with zero attached hydrogens (tertiary/aromatic N) is 4. The summed E-state index contributed by atoms with van der Waals surface area (Å²) in [5.74, 6) is 0.796. The Labute approximate surface area is 192 Å². The van der Waals surface area contributed by atoms with Gasteiger partial charge in [0.2, 0.25) is 17.6 Å². The molecule has 1 heterocycles. The molecule has 0 spiro atoms. The molecule has 1 fully saturated rings. The molecule has 1 amide bonds. The summed E-state index contributed by atoms with van der Waals surface area (Å²) in [5, 5.41) is 14.8. The van der Waals surface area contributed by atoms with Gasteiger partial charge in [-0.05, 0) is 36.6 Å². The predicted octanol–water partition coefficient (Wildman–Crippen LogP) is 5.06. The highest BCUT2D eigenvalue weighted by atomic mass is 16.6. The summed E-state index contributed by atoms with van der Waals surface area (Å²) in [4.78, 5) is 29.8. The van der Waals surface area contributed by atoms with Crippen LogP contribution < -0.4 is 0 Å². The molecule has 33 heavy (non-hydrogen) atoms. The van der Waals surface area contributed by atoms with Crippen molar-refractivity contribution in [1.29, 1.82) is 0 Å². The van der Waals surface area contributed by atoms with Crippen LogP contribution in [-0.2, 0) is 11.2 Å². The van der Waals surface area contributed by atoms with Crippen LogP contribution in [0.1, 0.15) is 43.6 Å². The topological polar surface area (TPSA) is 102 Å². The summed E-state index contributed by atoms with van der Waals surface area (Å²) in [6.45, 7) is 0.491. The Kier molecular flexibility index (Phi) is 7.24. The Morgan fingerprint density at radius 3 is 2.52 bits per heavy atom. The Balaban J connectivity index is 1.44. The van der Waals surface area contributed by atoms with Crippen LogP contribution in [0, 0.1) is 10.1 Å². The highest BCUT2D eigenvalue weighted by Gasteiger charge is 2.24. The molecule has 8 heteroatoms. The van der Waals surface area contributed by atoms with Gasteiger partial charge < -0.3 is 9.42 Å². The van der Waals surface area contributed by atoms with Gasteiger partial charge in [0.25, 0.3) is 5.69 Å². The van der Waals surface area contributed by atoms with Crippen molar-refractivity contribution in [2.75, 3.05) is 6.54 Å². The van der Waals surface area contributed by atoms with Gasteiger partial charge in [0.15, 0.2) is 0 Å². The number of hydrogen-bond acceptors (Lipinski definition) is 6. The van der Waals surface area contributed by atoms with E-state index in [1.54, 1.807) is 18.2 Å². The van der Waals surface area contributed by atoms with Crippen molar-refractivity contribution < 1.29 is 14.2 Å². The molecule has 8 nitrogen and oxygen atoms in total. The van der Waals surface area contributed by atoms with Gasteiger partial charge in [-0.25, -0.2) is 0 Å². The molecule has 0 aliphatic heterocycles. The third-order valence-corrected chi connectivity index (χ3v) is 5.89. The van der Waals surface area contributed by atoms with E-state index in [2.05, 4.69) is 10.1 Å². The van der Waals surface area contributed by atoms with Crippen LogP contribution in [0.4, 0.5) is 5.69 Å². The summed E-state index contributed by atoms with van der Waals surface area (Å²) in [6, 6.07) is 16.0. The second-order valence-corrected chi connectivity index (χ2v) is 8.13. The Morgan fingerprint density at radius 2 is 1.82 bits per heavy atom. The fourth-order valence-electron chi connectivity index (χ4n) is 4.11. The monoisotopic (exact) mass is 446 g/mol. The lowest BCUT2D eigenvalue weighted by Gasteiger charge is -2.33. The summed E-state index contributed by atoms with van der Waals surface area (Å²) in [5.41, 5.74) is 1.63. The van der Waals surface area contributed by atoms with E-state index in [1.807, 2.05) is 41.3 Å². The molecule has 4 rings (SSSR count). The van der Waals surface area contributed by atoms with Gasteiger partial charge in [0.05, 0.1) is 4.92 Å². The van der Waals surface area contributed by atoms with Crippen molar-refractivity contribution >= 4 is 17.7 Å². The molecule has 0 saturated heterocycles. The minimum absolute atomic E-state index is 0.00709. The third kappa shape index (κ3) is 5.91. The number of hydrogen-bond donors (Lipinski definition) is 0. The number of rotatable bonds is 8. The lowest BCUT2D eigenvalue weighted by molar-refractivity contribution is -0.384. The Morgan fingerprint density at radius 1 is 1.09 bits per heavy atom. The molecule has 0 radical (unpaired) electrons. The quantitative estimate of drug-likeness (QED) is 0.272. The van der Waals surface area contributed by atoms with Crippen molar-refractivity contribution in [1.82, 2.24) is 15.0 Å². The molecule has 1 aliphatic carbocycles. The van der Waals surface area contributed by atoms with E-state index in [1.165, 1.54) is 18.6 Å². The molecule has 3 aromatic rings. The van der Waals surface area contributed by atoms with E-state index in [4.69, 9.17) is 4.52 Å². The minimum atomic E-state index is -0.450. The summed E-state index contributed by atoms with van der Waals surface area (Å²) in [6.07, 6.45) is 9.40. The maximum atomic E-state index is 13.1. The molecule has 0 unspecified atom stereocenters. The predicted molar refractivity (Wildman–Crippen MR) is 124 cm³/mol. The number of amides is 1. The molecule has 1 aromatic heterocycles. The number of carbonyl (C=O) groups is 1. The molecular formula is C25H26N4O4. The van der Waals surface area contributed by atoms with E-state index in [0.717, 1.165) is 31.2 Å². The lowest BCUT2D eigenvalue weighted by Crippen LogP contribution is -2.41. The number of aromatic nitrogens is 2. The van der Waals surface area contributed by atoms with E-state index >= 15 is 0 Å². The maximum absolute atomic E-state index is 13.1. The first-order valence-electron chi connectivity index (χ1n) is 11.2. The number of nitro benzene ring substituents is 1. The minimum Gasteiger partial charge on any atom is -0.339 e. The molecule has 1 saturated carbocycles. The highest BCUT2D eigenvalue weighted by Crippen LogP contribution is 2.24. The van der Waals surface area contributed by atoms with Crippen LogP contribution in [0.15, 0.2) is 65.2 Å². The maximum Gasteiger partial charge on any atom is 0.269 e. The number of non-ortho nitro benzene ring substituents is 1. The van der Waals surface area contributed by atoms with Gasteiger partial charge in [-0.2, -0.15) is 4.98 Å². The van der Waals surface area contributed by atoms with Crippen LogP contribution in [0.2, 0.25) is 0 Å². The first kappa shape index (κ1) is 22.4. The largest absolute Gasteiger partial charge is 0.339 e. The van der Waals surface area contributed by atoms with Crippen molar-refractivity contribution in [3.8, 4) is 11.4 Å². The molecule has 2 aromatic carbocycles. The average molecular weight is 447 g/mol. The van der Waals surface area contributed by atoms with E-state index in [0.29, 0.717) is 30.2 Å². The van der Waals surface area contributed by atoms with Gasteiger partial charge in [-0.1, -0.05) is 54.8 Å². The summed E-state index contributed by atoms with van der Waals surface area (Å²) >= 11 is 0. The summed E-state index contributed by atoms with van der Waals surface area (Å²) in [7, 11) is 0. The highest BCUT2D eigenvalue weighted by molar-refractivity contribution is 5.92.